The average Bonchev–Trinajstić information content (AvgIpc) is 2.46. The van der Waals surface area contributed by atoms with Crippen molar-refractivity contribution in [1.82, 2.24) is 9.97 Å². The summed E-state index contributed by atoms with van der Waals surface area (Å²) in [6.45, 7) is -0.0897. The molecule has 25 heavy (non-hydrogen) atoms. The summed E-state index contributed by atoms with van der Waals surface area (Å²) >= 11 is 5.77. The molecule has 1 heterocycles. The number of ether oxygens (including phenoxy) is 1. The molecule has 0 fully saturated rings. The van der Waals surface area contributed by atoms with Crippen LogP contribution in [0.1, 0.15) is 0 Å². The second-order valence-corrected chi connectivity index (χ2v) is 5.27. The van der Waals surface area contributed by atoms with Gasteiger partial charge in [0.2, 0.25) is 11.9 Å². The van der Waals surface area contributed by atoms with E-state index in [1.807, 2.05) is 0 Å². The van der Waals surface area contributed by atoms with Gasteiger partial charge in [0.25, 0.3) is 0 Å². The van der Waals surface area contributed by atoms with Crippen LogP contribution >= 0.6 is 11.6 Å². The molecule has 0 saturated heterocycles. The number of alkyl halides is 3. The largest absolute Gasteiger partial charge is 0.573 e. The van der Waals surface area contributed by atoms with Crippen molar-refractivity contribution in [1.29, 1.82) is 0 Å². The molecule has 0 aliphatic heterocycles. The van der Waals surface area contributed by atoms with Gasteiger partial charge in [0.15, 0.2) is 0 Å². The number of nitrogens with one attached hydrogen (secondary N) is 1. The summed E-state index contributed by atoms with van der Waals surface area (Å²) in [5.41, 5.74) is 5.80. The predicted molar refractivity (Wildman–Crippen MR) is 86.5 cm³/mol. The fourth-order valence-electron chi connectivity index (χ4n) is 1.86. The zero-order valence-corrected chi connectivity index (χ0v) is 13.6. The minimum absolute atomic E-state index is 0.0324. The molecule has 3 N–H and O–H groups in total. The van der Waals surface area contributed by atoms with Gasteiger partial charge in [-0.2, -0.15) is 4.98 Å². The first-order chi connectivity index (χ1) is 11.6. The summed E-state index contributed by atoms with van der Waals surface area (Å²) in [6.07, 6.45) is -4.77. The zero-order chi connectivity index (χ0) is 18.6. The lowest BCUT2D eigenvalue weighted by Gasteiger charge is -2.18. The lowest BCUT2D eigenvalue weighted by Crippen LogP contribution is -2.30. The first kappa shape index (κ1) is 18.6. The van der Waals surface area contributed by atoms with Crippen molar-refractivity contribution in [2.75, 3.05) is 29.5 Å². The van der Waals surface area contributed by atoms with Crippen LogP contribution in [0.3, 0.4) is 0 Å². The maximum absolute atomic E-state index is 12.1. The fourth-order valence-corrected chi connectivity index (χ4v) is 2.04. The lowest BCUT2D eigenvalue weighted by molar-refractivity contribution is -0.274. The van der Waals surface area contributed by atoms with E-state index in [4.69, 9.17) is 17.3 Å². The molecule has 0 aliphatic rings. The van der Waals surface area contributed by atoms with Crippen molar-refractivity contribution in [3.05, 3.63) is 35.5 Å². The van der Waals surface area contributed by atoms with Crippen molar-refractivity contribution in [2.45, 2.75) is 6.36 Å². The number of likely N-dealkylation sites (N-methyl/N-ethyl adjacent to an activating group) is 1. The summed E-state index contributed by atoms with van der Waals surface area (Å²) < 4.78 is 40.0. The van der Waals surface area contributed by atoms with Gasteiger partial charge in [-0.3, -0.25) is 4.79 Å². The van der Waals surface area contributed by atoms with E-state index in [0.717, 1.165) is 12.1 Å². The van der Waals surface area contributed by atoms with Crippen LogP contribution < -0.4 is 20.7 Å². The van der Waals surface area contributed by atoms with Crippen LogP contribution in [0.5, 0.6) is 5.75 Å². The molecule has 1 aromatic carbocycles. The molecule has 0 saturated carbocycles. The minimum Gasteiger partial charge on any atom is -0.406 e. The second kappa shape index (κ2) is 7.43. The van der Waals surface area contributed by atoms with Crippen LogP contribution in [0.4, 0.5) is 30.6 Å². The fraction of sp³-hybridized carbons (Fsp3) is 0.214. The van der Waals surface area contributed by atoms with E-state index in [1.54, 1.807) is 7.05 Å². The number of hydrogen-bond acceptors (Lipinski definition) is 6. The molecule has 11 heteroatoms. The van der Waals surface area contributed by atoms with Gasteiger partial charge in [-0.15, -0.1) is 13.2 Å². The number of anilines is 3. The molecular weight excluding hydrogens is 363 g/mol. The molecule has 7 nitrogen and oxygen atoms in total. The van der Waals surface area contributed by atoms with Crippen LogP contribution in [0.25, 0.3) is 0 Å². The molecular formula is C14H13ClF3N5O2. The third-order valence-electron chi connectivity index (χ3n) is 2.84. The monoisotopic (exact) mass is 375 g/mol. The SMILES string of the molecule is CN(CC(=O)Nc1ccc(OC(F)(F)F)cc1)c1cc(Cl)nc(N)n1. The van der Waals surface area contributed by atoms with Gasteiger partial charge >= 0.3 is 6.36 Å². The Morgan fingerprint density at radius 1 is 1.32 bits per heavy atom. The highest BCUT2D eigenvalue weighted by molar-refractivity contribution is 6.29. The number of halogens is 4. The standard InChI is InChI=1S/C14H13ClF3N5O2/c1-23(11-6-10(15)21-13(19)22-11)7-12(24)20-8-2-4-9(5-3-8)25-14(16,17)18/h2-6H,7H2,1H3,(H,20,24)(H2,19,21,22). The minimum atomic E-state index is -4.77. The van der Waals surface area contributed by atoms with Crippen LogP contribution in [0.15, 0.2) is 30.3 Å². The maximum atomic E-state index is 12.1. The molecule has 134 valence electrons. The highest BCUT2D eigenvalue weighted by Crippen LogP contribution is 2.24. The van der Waals surface area contributed by atoms with E-state index in [0.29, 0.717) is 11.5 Å². The Hall–Kier alpha value is -2.75. The van der Waals surface area contributed by atoms with E-state index in [9.17, 15) is 18.0 Å². The summed E-state index contributed by atoms with van der Waals surface area (Å²) in [6, 6.07) is 6.21. The Morgan fingerprint density at radius 2 is 1.96 bits per heavy atom. The predicted octanol–water partition coefficient (Wildman–Crippen LogP) is 2.69. The molecule has 0 aliphatic carbocycles. The van der Waals surface area contributed by atoms with Crippen LogP contribution in [-0.2, 0) is 4.79 Å². The molecule has 0 unspecified atom stereocenters. The van der Waals surface area contributed by atoms with Crippen molar-refractivity contribution < 1.29 is 22.7 Å². The third-order valence-corrected chi connectivity index (χ3v) is 3.04. The Kier molecular flexibility index (Phi) is 5.52. The van der Waals surface area contributed by atoms with Crippen molar-refractivity contribution >= 4 is 35.0 Å². The molecule has 2 rings (SSSR count). The molecule has 0 bridgehead atoms. The quantitative estimate of drug-likeness (QED) is 0.780. The van der Waals surface area contributed by atoms with Crippen LogP contribution in [-0.4, -0.2) is 35.8 Å². The number of rotatable bonds is 5. The number of amides is 1. The van der Waals surface area contributed by atoms with E-state index in [2.05, 4.69) is 20.0 Å². The van der Waals surface area contributed by atoms with Crippen LogP contribution in [0.2, 0.25) is 5.15 Å². The van der Waals surface area contributed by atoms with Gasteiger partial charge in [0.05, 0.1) is 6.54 Å². The number of carbonyl (C=O) groups is 1. The zero-order valence-electron chi connectivity index (χ0n) is 12.8. The number of nitrogen functional groups attached to an aromatic ring is 1. The maximum Gasteiger partial charge on any atom is 0.573 e. The van der Waals surface area contributed by atoms with Gasteiger partial charge in [-0.05, 0) is 24.3 Å². The summed E-state index contributed by atoms with van der Waals surface area (Å²) in [4.78, 5) is 21.1. The Bertz CT molecular complexity index is 735. The van der Waals surface area contributed by atoms with Gasteiger partial charge in [0.1, 0.15) is 16.7 Å². The topological polar surface area (TPSA) is 93.4 Å². The van der Waals surface area contributed by atoms with Crippen LogP contribution in [0, 0.1) is 0 Å². The Labute approximate surface area is 145 Å². The highest BCUT2D eigenvalue weighted by atomic mass is 35.5. The molecule has 1 amide bonds. The second-order valence-electron chi connectivity index (χ2n) is 4.88. The Morgan fingerprint density at radius 3 is 2.52 bits per heavy atom. The van der Waals surface area contributed by atoms with Gasteiger partial charge in [-0.1, -0.05) is 11.6 Å². The molecule has 2 aromatic rings. The molecule has 0 spiro atoms. The lowest BCUT2D eigenvalue weighted by atomic mass is 10.3. The number of hydrogen-bond donors (Lipinski definition) is 2. The first-order valence-corrected chi connectivity index (χ1v) is 7.17. The van der Waals surface area contributed by atoms with Crippen molar-refractivity contribution in [2.24, 2.45) is 0 Å². The molecule has 0 atom stereocenters. The number of nitrogens with zero attached hydrogens (tertiary/aromatic N) is 3. The highest BCUT2D eigenvalue weighted by Gasteiger charge is 2.30. The summed E-state index contributed by atoms with van der Waals surface area (Å²) in [5, 5.41) is 2.67. The third kappa shape index (κ3) is 5.99. The number of benzene rings is 1. The smallest absolute Gasteiger partial charge is 0.406 e. The summed E-state index contributed by atoms with van der Waals surface area (Å²) in [5.74, 6) is -0.481. The van der Waals surface area contributed by atoms with E-state index in [1.165, 1.54) is 23.1 Å². The normalized spacial score (nSPS) is 11.1. The first-order valence-electron chi connectivity index (χ1n) is 6.79. The van der Waals surface area contributed by atoms with Gasteiger partial charge in [0, 0.05) is 18.8 Å². The van der Waals surface area contributed by atoms with E-state index >= 15 is 0 Å². The van der Waals surface area contributed by atoms with E-state index < -0.39 is 12.3 Å². The average molecular weight is 376 g/mol. The van der Waals surface area contributed by atoms with Crippen molar-refractivity contribution in [3.63, 3.8) is 0 Å². The number of nitrogens with two attached hydrogens (primary N) is 1. The van der Waals surface area contributed by atoms with E-state index in [-0.39, 0.29) is 23.4 Å². The van der Waals surface area contributed by atoms with Crippen molar-refractivity contribution in [3.8, 4) is 5.75 Å². The Balaban J connectivity index is 1.95. The van der Waals surface area contributed by atoms with Gasteiger partial charge in [-0.25, -0.2) is 4.98 Å². The summed E-state index contributed by atoms with van der Waals surface area (Å²) in [7, 11) is 1.60. The molecule has 1 aromatic heterocycles. The molecule has 0 radical (unpaired) electrons. The van der Waals surface area contributed by atoms with Gasteiger partial charge < -0.3 is 20.7 Å². The number of carbonyl (C=O) groups excluding carboxylic acids is 1. The number of aromatic nitrogens is 2.